The van der Waals surface area contributed by atoms with Crippen LogP contribution in [0.25, 0.3) is 11.3 Å². The van der Waals surface area contributed by atoms with Crippen molar-refractivity contribution in [1.29, 1.82) is 0 Å². The van der Waals surface area contributed by atoms with E-state index < -0.39 is 26.7 Å². The van der Waals surface area contributed by atoms with Gasteiger partial charge in [-0.25, -0.2) is 22.2 Å². The summed E-state index contributed by atoms with van der Waals surface area (Å²) in [4.78, 5) is 6.63. The van der Waals surface area contributed by atoms with E-state index in [9.17, 15) is 17.2 Å². The maximum absolute atomic E-state index is 13.5. The van der Waals surface area contributed by atoms with Crippen LogP contribution < -0.4 is 14.4 Å². The number of hydrogen-bond acceptors (Lipinski definition) is 7. The Morgan fingerprint density at radius 3 is 2.34 bits per heavy atom. The van der Waals surface area contributed by atoms with Crippen molar-refractivity contribution in [2.24, 2.45) is 0 Å². The van der Waals surface area contributed by atoms with Gasteiger partial charge in [0.05, 0.1) is 25.2 Å². The molecule has 0 unspecified atom stereocenters. The van der Waals surface area contributed by atoms with Crippen molar-refractivity contribution in [3.8, 4) is 22.8 Å². The van der Waals surface area contributed by atoms with E-state index in [1.54, 1.807) is 17.5 Å². The summed E-state index contributed by atoms with van der Waals surface area (Å²) in [5.41, 5.74) is 0.854. The Morgan fingerprint density at radius 2 is 1.72 bits per heavy atom. The first-order valence-electron chi connectivity index (χ1n) is 9.94. The number of piperidine rings is 1. The van der Waals surface area contributed by atoms with E-state index in [1.807, 2.05) is 4.90 Å². The summed E-state index contributed by atoms with van der Waals surface area (Å²) in [5, 5.41) is 1.88. The molecule has 10 heteroatoms. The molecule has 0 N–H and O–H groups in total. The second-order valence-electron chi connectivity index (χ2n) is 7.42. The Bertz CT molecular complexity index is 1200. The van der Waals surface area contributed by atoms with Gasteiger partial charge >= 0.3 is 0 Å². The monoisotopic (exact) mass is 480 g/mol. The summed E-state index contributed by atoms with van der Waals surface area (Å²) < 4.78 is 64.1. The van der Waals surface area contributed by atoms with Gasteiger partial charge in [-0.2, -0.15) is 0 Å². The smallest absolute Gasteiger partial charge is 0.185 e. The van der Waals surface area contributed by atoms with Crippen LogP contribution in [0.2, 0.25) is 0 Å². The standard InChI is InChI=1S/C22H22F2N2O4S2/c1-29-17-3-4-20(30-2)21(12-17)32(27,28)18-5-7-26(8-6-18)22-25-19(13-31-22)14-9-15(23)11-16(24)10-14/h3-4,9-13,18H,5-8H2,1-2H3. The van der Waals surface area contributed by atoms with Crippen LogP contribution in [0.5, 0.6) is 11.5 Å². The number of aromatic nitrogens is 1. The van der Waals surface area contributed by atoms with Gasteiger partial charge in [0.2, 0.25) is 0 Å². The summed E-state index contributed by atoms with van der Waals surface area (Å²) in [7, 11) is -0.701. The highest BCUT2D eigenvalue weighted by atomic mass is 32.2. The molecule has 1 aliphatic heterocycles. The largest absolute Gasteiger partial charge is 0.497 e. The Hall–Kier alpha value is -2.72. The molecule has 2 heterocycles. The minimum Gasteiger partial charge on any atom is -0.497 e. The van der Waals surface area contributed by atoms with Gasteiger partial charge in [0, 0.05) is 36.2 Å². The molecule has 1 fully saturated rings. The van der Waals surface area contributed by atoms with Crippen LogP contribution in [0.15, 0.2) is 46.7 Å². The number of anilines is 1. The molecule has 0 spiro atoms. The molecule has 1 aliphatic rings. The van der Waals surface area contributed by atoms with E-state index in [2.05, 4.69) is 4.98 Å². The number of rotatable bonds is 6. The Kier molecular flexibility index (Phi) is 6.34. The zero-order valence-electron chi connectivity index (χ0n) is 17.5. The van der Waals surface area contributed by atoms with Gasteiger partial charge in [0.25, 0.3) is 0 Å². The number of hydrogen-bond donors (Lipinski definition) is 0. The van der Waals surface area contributed by atoms with E-state index >= 15 is 0 Å². The lowest BCUT2D eigenvalue weighted by Gasteiger charge is -2.31. The fourth-order valence-electron chi connectivity index (χ4n) is 3.79. The van der Waals surface area contributed by atoms with Crippen molar-refractivity contribution in [3.63, 3.8) is 0 Å². The van der Waals surface area contributed by atoms with Gasteiger partial charge < -0.3 is 14.4 Å². The average molecular weight is 481 g/mol. The zero-order chi connectivity index (χ0) is 22.9. The highest BCUT2D eigenvalue weighted by Crippen LogP contribution is 2.35. The maximum Gasteiger partial charge on any atom is 0.185 e. The number of ether oxygens (including phenoxy) is 2. The molecule has 0 radical (unpaired) electrons. The third kappa shape index (κ3) is 4.42. The molecule has 4 rings (SSSR count). The van der Waals surface area contributed by atoms with Crippen LogP contribution in [0.1, 0.15) is 12.8 Å². The number of sulfone groups is 1. The van der Waals surface area contributed by atoms with Crippen molar-refractivity contribution >= 4 is 26.3 Å². The fourth-order valence-corrected chi connectivity index (χ4v) is 6.58. The van der Waals surface area contributed by atoms with Crippen LogP contribution in [0.4, 0.5) is 13.9 Å². The number of halogens is 2. The van der Waals surface area contributed by atoms with Crippen LogP contribution in [-0.2, 0) is 9.84 Å². The van der Waals surface area contributed by atoms with Crippen molar-refractivity contribution in [3.05, 3.63) is 53.4 Å². The molecule has 0 atom stereocenters. The molecule has 0 aliphatic carbocycles. The highest BCUT2D eigenvalue weighted by molar-refractivity contribution is 7.92. The van der Waals surface area contributed by atoms with Gasteiger partial charge in [0.1, 0.15) is 28.0 Å². The maximum atomic E-state index is 13.5. The Balaban J connectivity index is 1.50. The second kappa shape index (κ2) is 9.03. The first kappa shape index (κ1) is 22.5. The summed E-state index contributed by atoms with van der Waals surface area (Å²) in [5.74, 6) is -0.576. The molecule has 3 aromatic rings. The van der Waals surface area contributed by atoms with Crippen molar-refractivity contribution < 1.29 is 26.7 Å². The van der Waals surface area contributed by atoms with E-state index in [0.717, 1.165) is 6.07 Å². The number of benzene rings is 2. The third-order valence-electron chi connectivity index (χ3n) is 5.48. The van der Waals surface area contributed by atoms with E-state index in [0.29, 0.717) is 53.8 Å². The fraction of sp³-hybridized carbons (Fsp3) is 0.318. The average Bonchev–Trinajstić information content (AvgIpc) is 3.28. The normalized spacial score (nSPS) is 15.1. The molecule has 1 saturated heterocycles. The minimum absolute atomic E-state index is 0.127. The quantitative estimate of drug-likeness (QED) is 0.516. The predicted octanol–water partition coefficient (Wildman–Crippen LogP) is 4.55. The summed E-state index contributed by atoms with van der Waals surface area (Å²) in [6, 6.07) is 8.04. The molecule has 2 aromatic carbocycles. The van der Waals surface area contributed by atoms with Crippen molar-refractivity contribution in [1.82, 2.24) is 4.98 Å². The van der Waals surface area contributed by atoms with E-state index in [1.165, 1.54) is 43.8 Å². The second-order valence-corrected chi connectivity index (χ2v) is 10.5. The first-order valence-corrected chi connectivity index (χ1v) is 12.4. The van der Waals surface area contributed by atoms with Gasteiger partial charge in [-0.15, -0.1) is 11.3 Å². The molecular formula is C22H22F2N2O4S2. The van der Waals surface area contributed by atoms with E-state index in [-0.39, 0.29) is 4.90 Å². The Labute approximate surface area is 189 Å². The molecule has 32 heavy (non-hydrogen) atoms. The predicted molar refractivity (Wildman–Crippen MR) is 119 cm³/mol. The molecule has 6 nitrogen and oxygen atoms in total. The first-order chi connectivity index (χ1) is 15.3. The number of nitrogens with zero attached hydrogens (tertiary/aromatic N) is 2. The highest BCUT2D eigenvalue weighted by Gasteiger charge is 2.34. The summed E-state index contributed by atoms with van der Waals surface area (Å²) >= 11 is 1.36. The minimum atomic E-state index is -3.62. The molecule has 0 amide bonds. The Morgan fingerprint density at radius 1 is 1.03 bits per heavy atom. The van der Waals surface area contributed by atoms with Crippen molar-refractivity contribution in [2.45, 2.75) is 23.0 Å². The van der Waals surface area contributed by atoms with Crippen LogP contribution in [0.3, 0.4) is 0 Å². The lowest BCUT2D eigenvalue weighted by molar-refractivity contribution is 0.391. The number of methoxy groups -OCH3 is 2. The van der Waals surface area contributed by atoms with Crippen molar-refractivity contribution in [2.75, 3.05) is 32.2 Å². The van der Waals surface area contributed by atoms with Crippen LogP contribution in [-0.4, -0.2) is 46.0 Å². The lowest BCUT2D eigenvalue weighted by atomic mass is 10.1. The summed E-state index contributed by atoms with van der Waals surface area (Å²) in [6.45, 7) is 1.00. The molecule has 170 valence electrons. The van der Waals surface area contributed by atoms with Crippen LogP contribution >= 0.6 is 11.3 Å². The third-order valence-corrected chi connectivity index (χ3v) is 8.66. The topological polar surface area (TPSA) is 68.7 Å². The van der Waals surface area contributed by atoms with Gasteiger partial charge in [-0.05, 0) is 37.1 Å². The molecule has 0 bridgehead atoms. The molecule has 0 saturated carbocycles. The zero-order valence-corrected chi connectivity index (χ0v) is 19.2. The van der Waals surface area contributed by atoms with Gasteiger partial charge in [-0.3, -0.25) is 0 Å². The van der Waals surface area contributed by atoms with Gasteiger partial charge in [0.15, 0.2) is 15.0 Å². The number of thiazole rings is 1. The molecule has 1 aromatic heterocycles. The lowest BCUT2D eigenvalue weighted by Crippen LogP contribution is -2.39. The van der Waals surface area contributed by atoms with Crippen LogP contribution in [0, 0.1) is 11.6 Å². The SMILES string of the molecule is COc1ccc(OC)c(S(=O)(=O)C2CCN(c3nc(-c4cc(F)cc(F)c4)cs3)CC2)c1. The van der Waals surface area contributed by atoms with E-state index in [4.69, 9.17) is 9.47 Å². The molecular weight excluding hydrogens is 458 g/mol. The summed E-state index contributed by atoms with van der Waals surface area (Å²) in [6.07, 6.45) is 0.846. The van der Waals surface area contributed by atoms with Gasteiger partial charge in [-0.1, -0.05) is 0 Å².